The van der Waals surface area contributed by atoms with Crippen molar-refractivity contribution < 1.29 is 14.2 Å². The summed E-state index contributed by atoms with van der Waals surface area (Å²) >= 11 is 11.5. The normalized spacial score (nSPS) is 42.1. The third kappa shape index (κ3) is 3.27. The van der Waals surface area contributed by atoms with Crippen molar-refractivity contribution in [3.8, 4) is 0 Å². The highest BCUT2D eigenvalue weighted by atomic mass is 35.5. The molecule has 0 aromatic carbocycles. The van der Waals surface area contributed by atoms with E-state index in [1.54, 1.807) is 0 Å². The first-order chi connectivity index (χ1) is 9.26. The van der Waals surface area contributed by atoms with Crippen LogP contribution in [-0.2, 0) is 14.2 Å². The summed E-state index contributed by atoms with van der Waals surface area (Å²) in [5.41, 5.74) is 0. The molecule has 2 bridgehead atoms. The predicted molar refractivity (Wildman–Crippen MR) is 74.6 cm³/mol. The summed E-state index contributed by atoms with van der Waals surface area (Å²) in [5, 5.41) is -0.129. The Bertz CT molecular complexity index is 337. The van der Waals surface area contributed by atoms with Crippen LogP contribution in [0, 0.1) is 17.8 Å². The van der Waals surface area contributed by atoms with Crippen LogP contribution in [0.15, 0.2) is 12.2 Å². The molecule has 0 unspecified atom stereocenters. The third-order valence-corrected chi connectivity index (χ3v) is 5.03. The molecule has 0 amide bonds. The summed E-state index contributed by atoms with van der Waals surface area (Å²) in [4.78, 5) is 0. The van der Waals surface area contributed by atoms with E-state index in [0.717, 1.165) is 5.92 Å². The molecule has 1 heterocycles. The van der Waals surface area contributed by atoms with Gasteiger partial charge in [0.05, 0.1) is 25.2 Å². The molecule has 3 nitrogen and oxygen atoms in total. The van der Waals surface area contributed by atoms with Crippen molar-refractivity contribution in [1.82, 2.24) is 0 Å². The molecule has 2 fully saturated rings. The second kappa shape index (κ2) is 6.31. The number of fused-ring (bicyclic) bond motifs is 2. The van der Waals surface area contributed by atoms with Gasteiger partial charge < -0.3 is 14.2 Å². The van der Waals surface area contributed by atoms with Crippen molar-refractivity contribution in [2.75, 3.05) is 25.7 Å². The summed E-state index contributed by atoms with van der Waals surface area (Å²) in [6, 6.07) is 0. The molecular weight excluding hydrogens is 287 g/mol. The van der Waals surface area contributed by atoms with Crippen LogP contribution < -0.4 is 0 Å². The highest BCUT2D eigenvalue weighted by molar-refractivity contribution is 6.28. The van der Waals surface area contributed by atoms with E-state index in [1.807, 2.05) is 0 Å². The second-order valence-corrected chi connectivity index (χ2v) is 6.62. The fourth-order valence-corrected chi connectivity index (χ4v) is 3.47. The standard InChI is InChI=1S/C14H20Cl2O3/c15-5-11(16)6-17-7-12-8-18-14(19-12)13-4-9-1-2-10(13)3-9/h1-2,9-14H,3-8H2/t9-,10-,11-,12+,13-,14-/m1/s1. The minimum atomic E-state index is -0.129. The highest BCUT2D eigenvalue weighted by Crippen LogP contribution is 2.46. The maximum atomic E-state index is 5.96. The molecule has 1 aliphatic heterocycles. The molecule has 0 aromatic rings. The lowest BCUT2D eigenvalue weighted by Gasteiger charge is -2.23. The molecular formula is C14H20Cl2O3. The lowest BCUT2D eigenvalue weighted by molar-refractivity contribution is -0.111. The van der Waals surface area contributed by atoms with Gasteiger partial charge in [0.25, 0.3) is 0 Å². The maximum Gasteiger partial charge on any atom is 0.161 e. The van der Waals surface area contributed by atoms with Crippen molar-refractivity contribution in [2.45, 2.75) is 30.6 Å². The molecule has 1 saturated heterocycles. The Hall–Kier alpha value is 0.200. The van der Waals surface area contributed by atoms with Gasteiger partial charge in [0.2, 0.25) is 0 Å². The molecule has 3 aliphatic rings. The van der Waals surface area contributed by atoms with E-state index >= 15 is 0 Å². The van der Waals surface area contributed by atoms with E-state index < -0.39 is 0 Å². The average Bonchev–Trinajstić information content (AvgIpc) is 3.13. The largest absolute Gasteiger partial charge is 0.377 e. The molecule has 0 N–H and O–H groups in total. The number of allylic oxidation sites excluding steroid dienone is 2. The van der Waals surface area contributed by atoms with Gasteiger partial charge in [-0.3, -0.25) is 0 Å². The van der Waals surface area contributed by atoms with Gasteiger partial charge in [-0.25, -0.2) is 0 Å². The Kier molecular flexibility index (Phi) is 4.70. The van der Waals surface area contributed by atoms with Gasteiger partial charge in [-0.05, 0) is 24.7 Å². The number of rotatable bonds is 6. The Labute approximate surface area is 124 Å². The molecule has 0 radical (unpaired) electrons. The van der Waals surface area contributed by atoms with Crippen LogP contribution in [0.4, 0.5) is 0 Å². The van der Waals surface area contributed by atoms with E-state index in [2.05, 4.69) is 12.2 Å². The first-order valence-corrected chi connectivity index (χ1v) is 7.96. The van der Waals surface area contributed by atoms with Crippen molar-refractivity contribution in [1.29, 1.82) is 0 Å². The Morgan fingerprint density at radius 3 is 2.89 bits per heavy atom. The minimum Gasteiger partial charge on any atom is -0.377 e. The quantitative estimate of drug-likeness (QED) is 0.558. The first-order valence-electron chi connectivity index (χ1n) is 6.99. The zero-order valence-electron chi connectivity index (χ0n) is 10.8. The van der Waals surface area contributed by atoms with Gasteiger partial charge in [0.1, 0.15) is 6.10 Å². The summed E-state index contributed by atoms with van der Waals surface area (Å²) < 4.78 is 17.3. The van der Waals surface area contributed by atoms with E-state index in [0.29, 0.717) is 37.5 Å². The molecule has 0 spiro atoms. The van der Waals surface area contributed by atoms with E-state index in [-0.39, 0.29) is 17.8 Å². The molecule has 2 aliphatic carbocycles. The van der Waals surface area contributed by atoms with Crippen LogP contribution >= 0.6 is 23.2 Å². The van der Waals surface area contributed by atoms with Gasteiger partial charge in [-0.15, -0.1) is 23.2 Å². The van der Waals surface area contributed by atoms with Crippen LogP contribution in [0.2, 0.25) is 0 Å². The van der Waals surface area contributed by atoms with Crippen molar-refractivity contribution in [2.24, 2.45) is 17.8 Å². The molecule has 1 saturated carbocycles. The van der Waals surface area contributed by atoms with Crippen molar-refractivity contribution >= 4 is 23.2 Å². The molecule has 0 aromatic heterocycles. The summed E-state index contributed by atoms with van der Waals surface area (Å²) in [5.74, 6) is 2.34. The van der Waals surface area contributed by atoms with Crippen LogP contribution in [-0.4, -0.2) is 43.5 Å². The minimum absolute atomic E-state index is 0.0345. The van der Waals surface area contributed by atoms with Crippen molar-refractivity contribution in [3.05, 3.63) is 12.2 Å². The van der Waals surface area contributed by atoms with Crippen LogP contribution in [0.1, 0.15) is 12.8 Å². The monoisotopic (exact) mass is 306 g/mol. The van der Waals surface area contributed by atoms with Gasteiger partial charge in [-0.2, -0.15) is 0 Å². The number of hydrogen-bond acceptors (Lipinski definition) is 3. The fraction of sp³-hybridized carbons (Fsp3) is 0.857. The number of ether oxygens (including phenoxy) is 3. The van der Waals surface area contributed by atoms with Gasteiger partial charge in [-0.1, -0.05) is 12.2 Å². The zero-order chi connectivity index (χ0) is 13.2. The van der Waals surface area contributed by atoms with Gasteiger partial charge >= 0.3 is 0 Å². The number of hydrogen-bond donors (Lipinski definition) is 0. The lowest BCUT2D eigenvalue weighted by atomic mass is 9.93. The third-order valence-electron chi connectivity index (χ3n) is 4.22. The van der Waals surface area contributed by atoms with Crippen LogP contribution in [0.25, 0.3) is 0 Å². The molecule has 108 valence electrons. The second-order valence-electron chi connectivity index (χ2n) is 5.69. The molecule has 6 atom stereocenters. The molecule has 19 heavy (non-hydrogen) atoms. The Balaban J connectivity index is 1.40. The Morgan fingerprint density at radius 2 is 2.21 bits per heavy atom. The van der Waals surface area contributed by atoms with Gasteiger partial charge in [0, 0.05) is 11.8 Å². The van der Waals surface area contributed by atoms with E-state index in [9.17, 15) is 0 Å². The van der Waals surface area contributed by atoms with Crippen LogP contribution in [0.5, 0.6) is 0 Å². The topological polar surface area (TPSA) is 27.7 Å². The Morgan fingerprint density at radius 1 is 1.32 bits per heavy atom. The molecule has 3 rings (SSSR count). The van der Waals surface area contributed by atoms with Crippen molar-refractivity contribution in [3.63, 3.8) is 0 Å². The van der Waals surface area contributed by atoms with E-state index in [4.69, 9.17) is 37.4 Å². The highest BCUT2D eigenvalue weighted by Gasteiger charge is 2.44. The zero-order valence-corrected chi connectivity index (χ0v) is 12.4. The fourth-order valence-electron chi connectivity index (χ4n) is 3.29. The average molecular weight is 307 g/mol. The number of alkyl halides is 2. The SMILES string of the molecule is ClC[C@@H](Cl)COC[C@H]1CO[C@@H]([C@@H]2C[C@@H]3C=C[C@@H]2C3)O1. The maximum absolute atomic E-state index is 5.96. The lowest BCUT2D eigenvalue weighted by Crippen LogP contribution is -2.27. The summed E-state index contributed by atoms with van der Waals surface area (Å²) in [6.45, 7) is 1.62. The summed E-state index contributed by atoms with van der Waals surface area (Å²) in [6.07, 6.45) is 7.13. The first kappa shape index (κ1) is 14.2. The van der Waals surface area contributed by atoms with Crippen LogP contribution in [0.3, 0.4) is 0 Å². The number of halogens is 2. The van der Waals surface area contributed by atoms with Gasteiger partial charge in [0.15, 0.2) is 6.29 Å². The molecule has 5 heteroatoms. The van der Waals surface area contributed by atoms with E-state index in [1.165, 1.54) is 12.8 Å². The smallest absolute Gasteiger partial charge is 0.161 e. The predicted octanol–water partition coefficient (Wildman–Crippen LogP) is 2.80. The summed E-state index contributed by atoms with van der Waals surface area (Å²) in [7, 11) is 0.